The number of halogens is 2. The number of rotatable bonds is 4. The van der Waals surface area contributed by atoms with E-state index < -0.39 is 5.97 Å². The van der Waals surface area contributed by atoms with E-state index in [2.05, 4.69) is 11.0 Å². The van der Waals surface area contributed by atoms with Gasteiger partial charge in [-0.3, -0.25) is 0 Å². The van der Waals surface area contributed by atoms with Gasteiger partial charge in [-0.1, -0.05) is 23.7 Å². The van der Waals surface area contributed by atoms with Crippen LogP contribution in [0.3, 0.4) is 0 Å². The minimum absolute atomic E-state index is 0.311. The van der Waals surface area contributed by atoms with Gasteiger partial charge < -0.3 is 9.64 Å². The molecule has 0 N–H and O–H groups in total. The number of esters is 1. The number of piperidine rings is 1. The van der Waals surface area contributed by atoms with Gasteiger partial charge in [0.05, 0.1) is 23.7 Å². The summed E-state index contributed by atoms with van der Waals surface area (Å²) in [7, 11) is 1.35. The van der Waals surface area contributed by atoms with Crippen molar-refractivity contribution in [1.82, 2.24) is 9.97 Å². The molecule has 0 aliphatic carbocycles. The van der Waals surface area contributed by atoms with Gasteiger partial charge in [-0.05, 0) is 78.9 Å². The van der Waals surface area contributed by atoms with Crippen LogP contribution in [0.2, 0.25) is 5.02 Å². The molecule has 0 atom stereocenters. The molecule has 0 unspecified atom stereocenters. The summed E-state index contributed by atoms with van der Waals surface area (Å²) in [4.78, 5) is 24.0. The summed E-state index contributed by atoms with van der Waals surface area (Å²) >= 11 is 6.20. The molecule has 2 heterocycles. The summed E-state index contributed by atoms with van der Waals surface area (Å²) in [5.41, 5.74) is 4.36. The van der Waals surface area contributed by atoms with Gasteiger partial charge in [0.15, 0.2) is 5.82 Å². The third kappa shape index (κ3) is 4.46. The van der Waals surface area contributed by atoms with Crippen molar-refractivity contribution in [2.24, 2.45) is 0 Å². The van der Waals surface area contributed by atoms with E-state index in [0.29, 0.717) is 28.2 Å². The van der Waals surface area contributed by atoms with Crippen molar-refractivity contribution in [1.29, 1.82) is 0 Å². The Balaban J connectivity index is 1.52. The number of fused-ring (bicyclic) bond motifs is 1. The number of nitrogens with zero attached hydrogens (tertiary/aromatic N) is 3. The molecule has 5 rings (SSSR count). The quantitative estimate of drug-likeness (QED) is 0.326. The Morgan fingerprint density at radius 1 is 1.00 bits per heavy atom. The smallest absolute Gasteiger partial charge is 0.337 e. The summed E-state index contributed by atoms with van der Waals surface area (Å²) in [6.45, 7) is 1.62. The zero-order valence-electron chi connectivity index (χ0n) is 18.7. The highest BCUT2D eigenvalue weighted by Crippen LogP contribution is 2.35. The molecule has 3 aromatic carbocycles. The molecule has 0 spiro atoms. The van der Waals surface area contributed by atoms with Crippen LogP contribution in [-0.4, -0.2) is 36.1 Å². The molecule has 0 saturated carbocycles. The molecule has 1 aliphatic rings. The average Bonchev–Trinajstić information content (AvgIpc) is 2.87. The van der Waals surface area contributed by atoms with E-state index in [1.54, 1.807) is 30.3 Å². The van der Waals surface area contributed by atoms with Crippen LogP contribution in [-0.2, 0) is 4.74 Å². The van der Waals surface area contributed by atoms with Crippen LogP contribution in [0.15, 0.2) is 66.7 Å². The highest BCUT2D eigenvalue weighted by molar-refractivity contribution is 6.30. The predicted octanol–water partition coefficient (Wildman–Crippen LogP) is 6.26. The number of ether oxygens (including phenoxy) is 1. The van der Waals surface area contributed by atoms with Crippen LogP contribution in [0, 0.1) is 5.82 Å². The zero-order valence-corrected chi connectivity index (χ0v) is 19.4. The van der Waals surface area contributed by atoms with Gasteiger partial charge in [0.25, 0.3) is 0 Å². The summed E-state index contributed by atoms with van der Waals surface area (Å²) in [6.07, 6.45) is 1.92. The first-order valence-corrected chi connectivity index (χ1v) is 11.6. The lowest BCUT2D eigenvalue weighted by atomic mass is 9.89. The molecule has 4 aromatic rings. The maximum atomic E-state index is 13.6. The number of carbonyl (C=O) groups is 1. The molecular formula is C27H23ClFN3O2. The van der Waals surface area contributed by atoms with Crippen molar-refractivity contribution in [3.05, 3.63) is 88.7 Å². The fourth-order valence-corrected chi connectivity index (χ4v) is 4.70. The fraction of sp³-hybridized carbons (Fsp3) is 0.222. The summed E-state index contributed by atoms with van der Waals surface area (Å²) in [5, 5.41) is 0.755. The minimum atomic E-state index is -0.431. The van der Waals surface area contributed by atoms with Gasteiger partial charge >= 0.3 is 5.97 Å². The molecular weight excluding hydrogens is 453 g/mol. The maximum Gasteiger partial charge on any atom is 0.337 e. The largest absolute Gasteiger partial charge is 0.465 e. The van der Waals surface area contributed by atoms with E-state index in [4.69, 9.17) is 26.3 Å². The number of hydrogen-bond acceptors (Lipinski definition) is 5. The van der Waals surface area contributed by atoms with E-state index in [-0.39, 0.29) is 5.82 Å². The second-order valence-corrected chi connectivity index (χ2v) is 8.85. The normalized spacial score (nSPS) is 14.4. The molecule has 7 heteroatoms. The lowest BCUT2D eigenvalue weighted by Crippen LogP contribution is -2.34. The summed E-state index contributed by atoms with van der Waals surface area (Å²) < 4.78 is 18.5. The average molecular weight is 476 g/mol. The second-order valence-electron chi connectivity index (χ2n) is 8.41. The van der Waals surface area contributed by atoms with Crippen LogP contribution in [0.1, 0.15) is 34.7 Å². The first-order valence-electron chi connectivity index (χ1n) is 11.2. The number of hydrogen-bond donors (Lipinski definition) is 0. The third-order valence-corrected chi connectivity index (χ3v) is 6.53. The van der Waals surface area contributed by atoms with E-state index >= 15 is 0 Å². The Hall–Kier alpha value is -3.51. The molecule has 5 nitrogen and oxygen atoms in total. The number of benzene rings is 3. The highest BCUT2D eigenvalue weighted by atomic mass is 35.5. The zero-order chi connectivity index (χ0) is 23.7. The molecule has 1 aromatic heterocycles. The summed E-state index contributed by atoms with van der Waals surface area (Å²) in [5.74, 6) is 0.447. The van der Waals surface area contributed by atoms with E-state index in [1.807, 2.05) is 18.2 Å². The number of aromatic nitrogens is 2. The van der Waals surface area contributed by atoms with Gasteiger partial charge in [-0.2, -0.15) is 0 Å². The van der Waals surface area contributed by atoms with Gasteiger partial charge in [-0.25, -0.2) is 19.2 Å². The van der Waals surface area contributed by atoms with Crippen LogP contribution < -0.4 is 4.90 Å². The minimum Gasteiger partial charge on any atom is -0.465 e. The first-order chi connectivity index (χ1) is 16.5. The third-order valence-electron chi connectivity index (χ3n) is 6.30. The molecule has 1 saturated heterocycles. The van der Waals surface area contributed by atoms with Crippen molar-refractivity contribution in [3.8, 4) is 11.3 Å². The Labute approximate surface area is 202 Å². The predicted molar refractivity (Wildman–Crippen MR) is 132 cm³/mol. The Morgan fingerprint density at radius 3 is 2.47 bits per heavy atom. The topological polar surface area (TPSA) is 55.3 Å². The lowest BCUT2D eigenvalue weighted by molar-refractivity contribution is 0.0601. The number of methoxy groups -OCH3 is 1. The summed E-state index contributed by atoms with van der Waals surface area (Å²) in [6, 6.07) is 19.5. The van der Waals surface area contributed by atoms with Crippen LogP contribution in [0.4, 0.5) is 10.2 Å². The SMILES string of the molecule is COC(=O)c1ccc2nc(N3CCC(c4cccc(Cl)c4)CC3)c(-c3ccc(F)cc3)nc2c1. The van der Waals surface area contributed by atoms with E-state index in [9.17, 15) is 9.18 Å². The monoisotopic (exact) mass is 475 g/mol. The molecule has 0 bridgehead atoms. The van der Waals surface area contributed by atoms with Crippen LogP contribution in [0.25, 0.3) is 22.3 Å². The van der Waals surface area contributed by atoms with Crippen LogP contribution >= 0.6 is 11.6 Å². The van der Waals surface area contributed by atoms with Crippen molar-refractivity contribution in [3.63, 3.8) is 0 Å². The molecule has 1 fully saturated rings. The Kier molecular flexibility index (Phi) is 6.16. The number of anilines is 1. The van der Waals surface area contributed by atoms with Crippen LogP contribution in [0.5, 0.6) is 0 Å². The van der Waals surface area contributed by atoms with Gasteiger partial charge in [0.2, 0.25) is 0 Å². The molecule has 0 amide bonds. The lowest BCUT2D eigenvalue weighted by Gasteiger charge is -2.34. The standard InChI is InChI=1S/C27H23ClFN3O2/c1-34-27(33)20-7-10-23-24(16-20)30-25(18-5-8-22(29)9-6-18)26(31-23)32-13-11-17(12-14-32)19-3-2-4-21(28)15-19/h2-10,15-17H,11-14H2,1H3. The van der Waals surface area contributed by atoms with Crippen molar-refractivity contribution >= 4 is 34.4 Å². The Morgan fingerprint density at radius 2 is 1.76 bits per heavy atom. The van der Waals surface area contributed by atoms with E-state index in [1.165, 1.54) is 24.8 Å². The Bertz CT molecular complexity index is 1350. The van der Waals surface area contributed by atoms with Gasteiger partial charge in [0.1, 0.15) is 11.5 Å². The van der Waals surface area contributed by atoms with Crippen molar-refractivity contribution in [2.75, 3.05) is 25.1 Å². The van der Waals surface area contributed by atoms with Crippen molar-refractivity contribution in [2.45, 2.75) is 18.8 Å². The van der Waals surface area contributed by atoms with Gasteiger partial charge in [0, 0.05) is 23.7 Å². The maximum absolute atomic E-state index is 13.6. The van der Waals surface area contributed by atoms with E-state index in [0.717, 1.165) is 42.3 Å². The number of carbonyl (C=O) groups excluding carboxylic acids is 1. The van der Waals surface area contributed by atoms with Gasteiger partial charge in [-0.15, -0.1) is 0 Å². The molecule has 0 radical (unpaired) electrons. The fourth-order valence-electron chi connectivity index (χ4n) is 4.50. The second kappa shape index (κ2) is 9.39. The van der Waals surface area contributed by atoms with Crippen molar-refractivity contribution < 1.29 is 13.9 Å². The molecule has 34 heavy (non-hydrogen) atoms. The molecule has 172 valence electrons. The highest BCUT2D eigenvalue weighted by Gasteiger charge is 2.25. The molecule has 1 aliphatic heterocycles. The first kappa shape index (κ1) is 22.3.